The highest BCUT2D eigenvalue weighted by Gasteiger charge is 2.51. The number of ether oxygens (including phenoxy) is 15. The summed E-state index contributed by atoms with van der Waals surface area (Å²) in [5.41, 5.74) is 0. The molecule has 0 aromatic heterocycles. The highest BCUT2D eigenvalue weighted by Crippen LogP contribution is 2.32. The minimum atomic E-state index is -1.68. The van der Waals surface area contributed by atoms with Gasteiger partial charge in [-0.25, -0.2) is 0 Å². The molecule has 0 spiro atoms. The van der Waals surface area contributed by atoms with Crippen LogP contribution < -0.4 is 0 Å². The predicted octanol–water partition coefficient (Wildman–Crippen LogP) is -6.51. The van der Waals surface area contributed by atoms with E-state index in [0.717, 1.165) is 32.1 Å². The molecular weight excluding hydrogens is 1130 g/mol. The normalized spacial score (nSPS) is 39.5. The molecule has 0 bridgehead atoms. The van der Waals surface area contributed by atoms with E-state index in [0.29, 0.717) is 6.61 Å². The van der Waals surface area contributed by atoms with Crippen LogP contribution in [0.25, 0.3) is 0 Å². The van der Waals surface area contributed by atoms with E-state index < -0.39 is 180 Å². The van der Waals surface area contributed by atoms with Gasteiger partial charge in [0.2, 0.25) is 0 Å². The van der Waals surface area contributed by atoms with E-state index in [1.807, 2.05) is 0 Å². The van der Waals surface area contributed by atoms with Gasteiger partial charge in [-0.3, -0.25) is 0 Å². The molecule has 5 rings (SSSR count). The topological polar surface area (TPSA) is 462 Å². The van der Waals surface area contributed by atoms with Gasteiger partial charge in [-0.05, 0) is 32.1 Å². The van der Waals surface area contributed by atoms with Crippen LogP contribution in [0.1, 0.15) is 77.6 Å². The van der Waals surface area contributed by atoms with Crippen molar-refractivity contribution in [3.05, 3.63) is 0 Å². The Morgan fingerprint density at radius 2 is 0.560 bits per heavy atom. The first-order valence-electron chi connectivity index (χ1n) is 29.5. The van der Waals surface area contributed by atoms with Gasteiger partial charge in [0.15, 0.2) is 31.5 Å². The first-order chi connectivity index (χ1) is 40.5. The van der Waals surface area contributed by atoms with Crippen molar-refractivity contribution in [3.63, 3.8) is 0 Å². The maximum absolute atomic E-state index is 10.6. The molecule has 25 atom stereocenters. The van der Waals surface area contributed by atoms with Crippen LogP contribution in [0.2, 0.25) is 0 Å². The Bertz CT molecular complexity index is 1680. The molecule has 5 aliphatic heterocycles. The fourth-order valence-corrected chi connectivity index (χ4v) is 10.0. The van der Waals surface area contributed by atoms with Crippen LogP contribution >= 0.6 is 0 Å². The van der Waals surface area contributed by atoms with Crippen LogP contribution in [0.5, 0.6) is 0 Å². The first kappa shape index (κ1) is 73.5. The SMILES string of the molecule is CCCCCCCCCOCCO[C@@H]1OC(COCCCOC2OC(CO)[C@@H](O)[C@H](O)[C@@H]2O)[C@@H](OCCCO[C@@H]2OC(CO)[C@@H](O)C(O)[C@@H]2O)C(OCCCO[C@@H]2OC(CO)[C@@H](O)C(O)[C@@H]2O)[C@@H]1OCCCO[C@@H]1OC(CO)[C@@H](O)C(O)[C@@H]1O. The second-order valence-electron chi connectivity index (χ2n) is 21.4. The van der Waals surface area contributed by atoms with Crippen LogP contribution in [0.15, 0.2) is 0 Å². The fraction of sp³-hybridized carbons (Fsp3) is 1.00. The summed E-state index contributed by atoms with van der Waals surface area (Å²) in [5.74, 6) is 0. The summed E-state index contributed by atoms with van der Waals surface area (Å²) < 4.78 is 89.5. The molecule has 16 N–H and O–H groups in total. The van der Waals surface area contributed by atoms with Crippen molar-refractivity contribution >= 4 is 0 Å². The lowest BCUT2D eigenvalue weighted by Crippen LogP contribution is -2.62. The molecule has 0 saturated carbocycles. The van der Waals surface area contributed by atoms with Crippen LogP contribution in [0.3, 0.4) is 0 Å². The highest BCUT2D eigenvalue weighted by atomic mass is 16.7. The van der Waals surface area contributed by atoms with Crippen molar-refractivity contribution in [1.82, 2.24) is 0 Å². The molecular formula is C53H98O31. The lowest BCUT2D eigenvalue weighted by molar-refractivity contribution is -0.327. The lowest BCUT2D eigenvalue weighted by atomic mass is 9.98. The Morgan fingerprint density at radius 1 is 0.250 bits per heavy atom. The second-order valence-corrected chi connectivity index (χ2v) is 21.4. The van der Waals surface area contributed by atoms with Gasteiger partial charge in [0.05, 0.1) is 72.7 Å². The number of rotatable bonds is 41. The van der Waals surface area contributed by atoms with E-state index in [2.05, 4.69) is 6.92 Å². The van der Waals surface area contributed by atoms with Crippen LogP contribution in [-0.4, -0.2) is 341 Å². The molecule has 0 aromatic carbocycles. The minimum Gasteiger partial charge on any atom is -0.394 e. The number of hydrogen-bond donors (Lipinski definition) is 16. The molecule has 5 aliphatic rings. The Morgan fingerprint density at radius 3 is 0.952 bits per heavy atom. The van der Waals surface area contributed by atoms with Crippen molar-refractivity contribution < 1.29 is 153 Å². The second kappa shape index (κ2) is 39.8. The van der Waals surface area contributed by atoms with E-state index in [1.165, 1.54) is 12.8 Å². The Labute approximate surface area is 488 Å². The monoisotopic (exact) mass is 1230 g/mol. The summed E-state index contributed by atoms with van der Waals surface area (Å²) in [6.07, 6.45) is -27.5. The zero-order chi connectivity index (χ0) is 61.1. The number of unbranched alkanes of at least 4 members (excludes halogenated alkanes) is 6. The van der Waals surface area contributed by atoms with Crippen molar-refractivity contribution in [2.45, 2.75) is 231 Å². The molecule has 496 valence electrons. The molecule has 0 amide bonds. The van der Waals surface area contributed by atoms with Crippen molar-refractivity contribution in [1.29, 1.82) is 0 Å². The zero-order valence-electron chi connectivity index (χ0n) is 47.8. The molecule has 5 heterocycles. The third-order valence-corrected chi connectivity index (χ3v) is 15.0. The Balaban J connectivity index is 1.34. The van der Waals surface area contributed by atoms with E-state index in [4.69, 9.17) is 71.1 Å². The Hall–Kier alpha value is -1.24. The molecule has 31 heteroatoms. The molecule has 84 heavy (non-hydrogen) atoms. The molecule has 0 radical (unpaired) electrons. The van der Waals surface area contributed by atoms with Gasteiger partial charge < -0.3 is 153 Å². The average molecular weight is 1230 g/mol. The molecule has 31 nitrogen and oxygen atoms in total. The maximum Gasteiger partial charge on any atom is 0.187 e. The molecule has 0 aromatic rings. The summed E-state index contributed by atoms with van der Waals surface area (Å²) >= 11 is 0. The van der Waals surface area contributed by atoms with Gasteiger partial charge in [-0.2, -0.15) is 0 Å². The maximum atomic E-state index is 10.6. The first-order valence-corrected chi connectivity index (χ1v) is 29.5. The van der Waals surface area contributed by atoms with Crippen LogP contribution in [-0.2, 0) is 71.1 Å². The summed E-state index contributed by atoms with van der Waals surface area (Å²) in [6.45, 7) is -0.720. The smallest absolute Gasteiger partial charge is 0.187 e. The quantitative estimate of drug-likeness (QED) is 0.0253. The summed E-state index contributed by atoms with van der Waals surface area (Å²) in [4.78, 5) is 0. The zero-order valence-corrected chi connectivity index (χ0v) is 47.8. The van der Waals surface area contributed by atoms with Gasteiger partial charge >= 0.3 is 0 Å². The summed E-state index contributed by atoms with van der Waals surface area (Å²) in [7, 11) is 0. The molecule has 5 fully saturated rings. The van der Waals surface area contributed by atoms with E-state index >= 15 is 0 Å². The average Bonchev–Trinajstić information content (AvgIpc) is 3.63. The summed E-state index contributed by atoms with van der Waals surface area (Å²) in [6, 6.07) is 0. The van der Waals surface area contributed by atoms with Crippen molar-refractivity contribution in [3.8, 4) is 0 Å². The van der Waals surface area contributed by atoms with E-state index in [9.17, 15) is 81.7 Å². The number of hydrogen-bond acceptors (Lipinski definition) is 31. The molecule has 5 saturated heterocycles. The van der Waals surface area contributed by atoms with E-state index in [-0.39, 0.29) is 98.4 Å². The standard InChI is InChI=1S/C53H98O31/c1-2-3-4-5-6-7-8-13-70-22-23-79-53-48(74-17-12-21-78-52-45(69)41(65)37(61)32(27-57)83-52)47(73-16-11-20-77-51-44(68)40(64)36(60)31(26-56)82-51)46(72-15-10-19-76-50-43(67)39(63)35(59)30(25-55)81-50)33(84-53)28-71-14-9-18-75-49-42(66)38(62)34(58)29(24-54)80-49/h29-69H,2-28H2,1H3/t29?,30?,31?,32?,33?,34-,35-,36-,37-,38+,39?,40?,41?,42+,43+,44+,45+,46-,47?,48+,49?,50-,51-,52-,53-/m1/s1. The number of aliphatic hydroxyl groups is 16. The van der Waals surface area contributed by atoms with Gasteiger partial charge in [-0.1, -0.05) is 45.4 Å². The Kier molecular flexibility index (Phi) is 34.8. The van der Waals surface area contributed by atoms with Crippen LogP contribution in [0.4, 0.5) is 0 Å². The van der Waals surface area contributed by atoms with Crippen molar-refractivity contribution in [2.75, 3.05) is 106 Å². The van der Waals surface area contributed by atoms with Gasteiger partial charge in [0, 0.05) is 33.0 Å². The third kappa shape index (κ3) is 22.0. The number of aliphatic hydroxyl groups excluding tert-OH is 16. The lowest BCUT2D eigenvalue weighted by Gasteiger charge is -2.46. The molecule has 0 aliphatic carbocycles. The third-order valence-electron chi connectivity index (χ3n) is 15.0. The van der Waals surface area contributed by atoms with Gasteiger partial charge in [0.25, 0.3) is 0 Å². The largest absolute Gasteiger partial charge is 0.394 e. The minimum absolute atomic E-state index is 0.0180. The molecule has 10 unspecified atom stereocenters. The summed E-state index contributed by atoms with van der Waals surface area (Å²) in [5, 5.41) is 163. The highest BCUT2D eigenvalue weighted by molar-refractivity contribution is 4.95. The van der Waals surface area contributed by atoms with Gasteiger partial charge in [0.1, 0.15) is 122 Å². The predicted molar refractivity (Wildman–Crippen MR) is 281 cm³/mol. The van der Waals surface area contributed by atoms with Crippen molar-refractivity contribution in [2.24, 2.45) is 0 Å². The van der Waals surface area contributed by atoms with E-state index in [1.54, 1.807) is 0 Å². The van der Waals surface area contributed by atoms with Crippen LogP contribution in [0, 0.1) is 0 Å². The fourth-order valence-electron chi connectivity index (χ4n) is 10.0. The van der Waals surface area contributed by atoms with Gasteiger partial charge in [-0.15, -0.1) is 0 Å².